The SMILES string of the molecule is CCOc1ccc([N-]S(=O)(=O)c2cc(C(=O)NCCC[NH+](C)C)ccc2Cl)cc1. The summed E-state index contributed by atoms with van der Waals surface area (Å²) in [6.07, 6.45) is 0.819. The molecule has 29 heavy (non-hydrogen) atoms. The number of ether oxygens (including phenoxy) is 1. The lowest BCUT2D eigenvalue weighted by atomic mass is 10.2. The minimum Gasteiger partial charge on any atom is -0.573 e. The average Bonchev–Trinajstić information content (AvgIpc) is 2.66. The smallest absolute Gasteiger partial charge is 0.251 e. The zero-order chi connectivity index (χ0) is 21.4. The van der Waals surface area contributed by atoms with Gasteiger partial charge in [-0.25, -0.2) is 8.42 Å². The lowest BCUT2D eigenvalue weighted by molar-refractivity contribution is -0.858. The molecule has 2 aromatic rings. The Kier molecular flexibility index (Phi) is 8.31. The molecular weight excluding hydrogens is 414 g/mol. The van der Waals surface area contributed by atoms with Crippen LogP contribution in [0.2, 0.25) is 5.02 Å². The zero-order valence-electron chi connectivity index (χ0n) is 16.7. The first kappa shape index (κ1) is 23.0. The molecule has 0 saturated carbocycles. The number of rotatable bonds is 10. The largest absolute Gasteiger partial charge is 0.573 e. The third-order valence-corrected chi connectivity index (χ3v) is 5.77. The summed E-state index contributed by atoms with van der Waals surface area (Å²) < 4.78 is 34.6. The van der Waals surface area contributed by atoms with Gasteiger partial charge >= 0.3 is 0 Å². The molecule has 0 aromatic heterocycles. The van der Waals surface area contributed by atoms with Crippen molar-refractivity contribution in [1.82, 2.24) is 5.32 Å². The van der Waals surface area contributed by atoms with E-state index >= 15 is 0 Å². The summed E-state index contributed by atoms with van der Waals surface area (Å²) in [5.74, 6) is 0.268. The highest BCUT2D eigenvalue weighted by Crippen LogP contribution is 2.33. The maximum Gasteiger partial charge on any atom is 0.251 e. The molecule has 7 nitrogen and oxygen atoms in total. The summed E-state index contributed by atoms with van der Waals surface area (Å²) in [5, 5.41) is 2.79. The van der Waals surface area contributed by atoms with Crippen LogP contribution in [0.25, 0.3) is 4.72 Å². The maximum absolute atomic E-state index is 12.7. The van der Waals surface area contributed by atoms with Crippen LogP contribution in [-0.2, 0) is 10.0 Å². The Bertz CT molecular complexity index is 931. The molecule has 0 atom stereocenters. The van der Waals surface area contributed by atoms with E-state index in [1.54, 1.807) is 24.3 Å². The van der Waals surface area contributed by atoms with E-state index in [0.29, 0.717) is 18.9 Å². The van der Waals surface area contributed by atoms with Crippen molar-refractivity contribution in [3.8, 4) is 5.75 Å². The second-order valence-electron chi connectivity index (χ2n) is 6.71. The van der Waals surface area contributed by atoms with E-state index in [9.17, 15) is 13.2 Å². The van der Waals surface area contributed by atoms with Crippen LogP contribution in [0, 0.1) is 0 Å². The van der Waals surface area contributed by atoms with E-state index in [2.05, 4.69) is 10.0 Å². The number of nitrogens with one attached hydrogen (secondary N) is 2. The minimum atomic E-state index is -4.09. The lowest BCUT2D eigenvalue weighted by Crippen LogP contribution is -3.05. The van der Waals surface area contributed by atoms with Gasteiger partial charge in [-0.15, -0.1) is 5.69 Å². The molecule has 1 amide bonds. The molecule has 158 valence electrons. The van der Waals surface area contributed by atoms with Crippen LogP contribution in [0.5, 0.6) is 5.75 Å². The van der Waals surface area contributed by atoms with Crippen LogP contribution in [0.4, 0.5) is 5.69 Å². The van der Waals surface area contributed by atoms with Gasteiger partial charge in [0.1, 0.15) is 15.8 Å². The molecule has 0 unspecified atom stereocenters. The predicted octanol–water partition coefficient (Wildman–Crippen LogP) is 2.40. The van der Waals surface area contributed by atoms with Crippen LogP contribution in [0.15, 0.2) is 47.4 Å². The summed E-state index contributed by atoms with van der Waals surface area (Å²) in [5.41, 5.74) is 0.456. The molecule has 9 heteroatoms. The van der Waals surface area contributed by atoms with Gasteiger partial charge in [-0.2, -0.15) is 0 Å². The summed E-state index contributed by atoms with van der Waals surface area (Å²) >= 11 is 6.09. The molecule has 2 rings (SSSR count). The highest BCUT2D eigenvalue weighted by Gasteiger charge is 2.15. The van der Waals surface area contributed by atoms with Crippen molar-refractivity contribution in [1.29, 1.82) is 0 Å². The van der Waals surface area contributed by atoms with Gasteiger partial charge in [-0.3, -0.25) is 4.79 Å². The third-order valence-electron chi connectivity index (χ3n) is 3.98. The standard InChI is InChI=1S/C20H25ClN3O4S/c1-4-28-17-9-7-16(8-10-17)23-29(26,27)19-14-15(6-11-18(19)21)20(25)22-12-5-13-24(2)3/h6-11,14H,4-5,12-13H2,1-3H3,(H,22,25)/q-1/p+1. The van der Waals surface area contributed by atoms with Crippen molar-refractivity contribution in [3.05, 3.63) is 57.8 Å². The first-order chi connectivity index (χ1) is 13.7. The fourth-order valence-electron chi connectivity index (χ4n) is 2.55. The number of carbonyl (C=O) groups is 1. The summed E-state index contributed by atoms with van der Waals surface area (Å²) in [6, 6.07) is 10.5. The van der Waals surface area contributed by atoms with Crippen LogP contribution in [0.1, 0.15) is 23.7 Å². The predicted molar refractivity (Wildman–Crippen MR) is 114 cm³/mol. The number of nitrogens with zero attached hydrogens (tertiary/aromatic N) is 1. The Morgan fingerprint density at radius 3 is 2.48 bits per heavy atom. The summed E-state index contributed by atoms with van der Waals surface area (Å²) in [7, 11) is -0.0251. The van der Waals surface area contributed by atoms with E-state index < -0.39 is 10.0 Å². The van der Waals surface area contributed by atoms with Gasteiger partial charge in [0.2, 0.25) is 0 Å². The third kappa shape index (κ3) is 6.92. The molecule has 0 aliphatic heterocycles. The molecule has 0 heterocycles. The van der Waals surface area contributed by atoms with Crippen LogP contribution in [0.3, 0.4) is 0 Å². The Balaban J connectivity index is 2.13. The van der Waals surface area contributed by atoms with E-state index in [-0.39, 0.29) is 27.1 Å². The molecule has 2 aromatic carbocycles. The number of benzene rings is 2. The van der Waals surface area contributed by atoms with Gasteiger partial charge in [0.05, 0.1) is 37.2 Å². The number of hydrogen-bond acceptors (Lipinski definition) is 4. The van der Waals surface area contributed by atoms with Crippen LogP contribution < -0.4 is 15.0 Å². The molecule has 0 aliphatic carbocycles. The highest BCUT2D eigenvalue weighted by atomic mass is 35.5. The van der Waals surface area contributed by atoms with Gasteiger partial charge in [0.15, 0.2) is 0 Å². The highest BCUT2D eigenvalue weighted by molar-refractivity contribution is 7.94. The number of carbonyl (C=O) groups excluding carboxylic acids is 1. The van der Waals surface area contributed by atoms with Crippen molar-refractivity contribution in [2.45, 2.75) is 18.2 Å². The number of hydrogen-bond donors (Lipinski definition) is 2. The molecule has 0 spiro atoms. The summed E-state index contributed by atoms with van der Waals surface area (Å²) in [6.45, 7) is 3.79. The molecule has 0 aliphatic rings. The van der Waals surface area contributed by atoms with Crippen molar-refractivity contribution >= 4 is 33.2 Å². The fourth-order valence-corrected chi connectivity index (χ4v) is 4.04. The van der Waals surface area contributed by atoms with Crippen LogP contribution in [-0.4, -0.2) is 48.1 Å². The number of halogens is 1. The Hall–Kier alpha value is -2.29. The molecule has 0 radical (unpaired) electrons. The van der Waals surface area contributed by atoms with Crippen molar-refractivity contribution < 1.29 is 22.8 Å². The molecule has 0 saturated heterocycles. The van der Waals surface area contributed by atoms with Gasteiger partial charge in [0.25, 0.3) is 5.91 Å². The quantitative estimate of drug-likeness (QED) is 0.556. The van der Waals surface area contributed by atoms with E-state index in [1.165, 1.54) is 23.1 Å². The number of quaternary nitrogens is 1. The second-order valence-corrected chi connectivity index (χ2v) is 8.68. The van der Waals surface area contributed by atoms with E-state index in [4.69, 9.17) is 16.3 Å². The second kappa shape index (κ2) is 10.5. The number of sulfonamides is 1. The summed E-state index contributed by atoms with van der Waals surface area (Å²) in [4.78, 5) is 13.4. The lowest BCUT2D eigenvalue weighted by Gasteiger charge is -2.23. The van der Waals surface area contributed by atoms with Crippen molar-refractivity contribution in [2.75, 3.05) is 33.8 Å². The normalized spacial score (nSPS) is 11.3. The van der Waals surface area contributed by atoms with E-state index in [0.717, 1.165) is 13.0 Å². The molecule has 0 bridgehead atoms. The topological polar surface area (TPSA) is 91.0 Å². The minimum absolute atomic E-state index is 0.00689. The fraction of sp³-hybridized carbons (Fsp3) is 0.350. The van der Waals surface area contributed by atoms with Crippen molar-refractivity contribution in [3.63, 3.8) is 0 Å². The Labute approximate surface area is 177 Å². The average molecular weight is 440 g/mol. The molecule has 2 N–H and O–H groups in total. The van der Waals surface area contributed by atoms with Gasteiger partial charge < -0.3 is 19.7 Å². The monoisotopic (exact) mass is 439 g/mol. The van der Waals surface area contributed by atoms with Crippen molar-refractivity contribution in [2.24, 2.45) is 0 Å². The molecule has 0 fully saturated rings. The molecular formula is C20H26ClN3O4S. The zero-order valence-corrected chi connectivity index (χ0v) is 18.3. The van der Waals surface area contributed by atoms with Gasteiger partial charge in [-0.1, -0.05) is 23.7 Å². The first-order valence-electron chi connectivity index (χ1n) is 9.30. The Morgan fingerprint density at radius 2 is 1.86 bits per heavy atom. The maximum atomic E-state index is 12.7. The van der Waals surface area contributed by atoms with Gasteiger partial charge in [-0.05, 0) is 37.3 Å². The first-order valence-corrected chi connectivity index (χ1v) is 11.1. The number of amides is 1. The van der Waals surface area contributed by atoms with Gasteiger partial charge in [0, 0.05) is 18.5 Å². The van der Waals surface area contributed by atoms with E-state index in [1.807, 2.05) is 21.0 Å². The van der Waals surface area contributed by atoms with Crippen LogP contribution >= 0.6 is 11.6 Å². The Morgan fingerprint density at radius 1 is 1.17 bits per heavy atom.